The van der Waals surface area contributed by atoms with Gasteiger partial charge in [0.1, 0.15) is 11.2 Å². The van der Waals surface area contributed by atoms with E-state index in [1.807, 2.05) is 0 Å². The van der Waals surface area contributed by atoms with E-state index in [9.17, 15) is 0 Å². The van der Waals surface area contributed by atoms with Crippen LogP contribution in [-0.2, 0) is 0 Å². The van der Waals surface area contributed by atoms with Crippen molar-refractivity contribution < 1.29 is 4.42 Å². The van der Waals surface area contributed by atoms with Crippen LogP contribution in [0.1, 0.15) is 0 Å². The number of hydrogen-bond donors (Lipinski definition) is 0. The number of anilines is 3. The number of rotatable bonds is 6. The number of benzene rings is 9. The fourth-order valence-electron chi connectivity index (χ4n) is 8.50. The van der Waals surface area contributed by atoms with E-state index in [0.717, 1.165) is 61.2 Å². The highest BCUT2D eigenvalue weighted by atomic mass is 16.3. The number of aromatic nitrogens is 1. The van der Waals surface area contributed by atoms with E-state index < -0.39 is 0 Å². The zero-order valence-corrected chi connectivity index (χ0v) is 29.9. The van der Waals surface area contributed by atoms with Gasteiger partial charge in [-0.3, -0.25) is 0 Å². The molecule has 3 nitrogen and oxygen atoms in total. The molecule has 0 aliphatic carbocycles. The Hall–Kier alpha value is -7.36. The second kappa shape index (κ2) is 12.6. The average molecular weight is 703 g/mol. The van der Waals surface area contributed by atoms with Crippen molar-refractivity contribution in [1.29, 1.82) is 0 Å². The van der Waals surface area contributed by atoms with Gasteiger partial charge in [-0.25, -0.2) is 0 Å². The number of nitrogens with zero attached hydrogens (tertiary/aromatic N) is 2. The smallest absolute Gasteiger partial charge is 0.143 e. The van der Waals surface area contributed by atoms with Crippen molar-refractivity contribution >= 4 is 71.6 Å². The van der Waals surface area contributed by atoms with Crippen molar-refractivity contribution in [3.8, 4) is 27.9 Å². The zero-order valence-electron chi connectivity index (χ0n) is 29.9. The molecule has 0 bridgehead atoms. The molecule has 0 saturated carbocycles. The van der Waals surface area contributed by atoms with E-state index >= 15 is 0 Å². The second-order valence-corrected chi connectivity index (χ2v) is 14.1. The maximum atomic E-state index is 6.92. The van der Waals surface area contributed by atoms with Crippen molar-refractivity contribution in [2.75, 3.05) is 4.90 Å². The quantitative estimate of drug-likeness (QED) is 0.172. The summed E-state index contributed by atoms with van der Waals surface area (Å²) in [4.78, 5) is 2.42. The summed E-state index contributed by atoms with van der Waals surface area (Å²) in [6, 6.07) is 73.8. The van der Waals surface area contributed by atoms with E-state index in [4.69, 9.17) is 4.42 Å². The summed E-state index contributed by atoms with van der Waals surface area (Å²) in [6.07, 6.45) is 0. The summed E-state index contributed by atoms with van der Waals surface area (Å²) in [5.41, 5.74) is 12.9. The van der Waals surface area contributed by atoms with Crippen LogP contribution in [0.15, 0.2) is 211 Å². The van der Waals surface area contributed by atoms with Gasteiger partial charge < -0.3 is 13.9 Å². The molecular weight excluding hydrogens is 669 g/mol. The Balaban J connectivity index is 1.18. The molecule has 258 valence electrons. The summed E-state index contributed by atoms with van der Waals surface area (Å²) in [6.45, 7) is 0. The summed E-state index contributed by atoms with van der Waals surface area (Å²) in [5.74, 6) is 0. The largest absolute Gasteiger partial charge is 0.455 e. The van der Waals surface area contributed by atoms with Crippen molar-refractivity contribution in [3.63, 3.8) is 0 Å². The highest BCUT2D eigenvalue weighted by Gasteiger charge is 2.24. The Morgan fingerprint density at radius 1 is 0.345 bits per heavy atom. The molecule has 2 heterocycles. The first-order valence-corrected chi connectivity index (χ1v) is 18.8. The third kappa shape index (κ3) is 4.98. The fraction of sp³-hybridized carbons (Fsp3) is 0. The van der Waals surface area contributed by atoms with Crippen LogP contribution in [0.5, 0.6) is 0 Å². The van der Waals surface area contributed by atoms with Gasteiger partial charge in [0.2, 0.25) is 0 Å². The molecule has 11 aromatic rings. The van der Waals surface area contributed by atoms with Crippen molar-refractivity contribution in [2.45, 2.75) is 0 Å². The molecule has 0 fully saturated rings. The molecule has 0 unspecified atom stereocenters. The maximum absolute atomic E-state index is 6.92. The van der Waals surface area contributed by atoms with E-state index in [1.54, 1.807) is 0 Å². The number of furan rings is 1. The topological polar surface area (TPSA) is 21.3 Å². The minimum atomic E-state index is 0.886. The van der Waals surface area contributed by atoms with Gasteiger partial charge in [0, 0.05) is 43.7 Å². The van der Waals surface area contributed by atoms with Gasteiger partial charge in [-0.15, -0.1) is 0 Å². The lowest BCUT2D eigenvalue weighted by Gasteiger charge is -2.30. The molecule has 0 atom stereocenters. The summed E-state index contributed by atoms with van der Waals surface area (Å²) < 4.78 is 9.33. The van der Waals surface area contributed by atoms with Crippen molar-refractivity contribution in [1.82, 2.24) is 4.57 Å². The van der Waals surface area contributed by atoms with E-state index in [-0.39, 0.29) is 0 Å². The Morgan fingerprint density at radius 3 is 1.69 bits per heavy atom. The lowest BCUT2D eigenvalue weighted by atomic mass is 9.98. The van der Waals surface area contributed by atoms with Crippen molar-refractivity contribution in [2.24, 2.45) is 0 Å². The molecule has 2 aromatic heterocycles. The fourth-order valence-corrected chi connectivity index (χ4v) is 8.50. The molecule has 0 spiro atoms. The van der Waals surface area contributed by atoms with Crippen LogP contribution in [0.25, 0.3) is 82.5 Å². The summed E-state index contributed by atoms with van der Waals surface area (Å²) >= 11 is 0. The van der Waals surface area contributed by atoms with Crippen molar-refractivity contribution in [3.05, 3.63) is 206 Å². The monoisotopic (exact) mass is 702 g/mol. The highest BCUT2D eigenvalue weighted by Crippen LogP contribution is 2.47. The maximum Gasteiger partial charge on any atom is 0.143 e. The Bertz CT molecular complexity index is 3150. The number of hydrogen-bond acceptors (Lipinski definition) is 2. The second-order valence-electron chi connectivity index (χ2n) is 14.1. The Morgan fingerprint density at radius 2 is 0.909 bits per heavy atom. The Labute approximate surface area is 318 Å². The predicted molar refractivity (Wildman–Crippen MR) is 231 cm³/mol. The molecule has 0 aliphatic heterocycles. The molecule has 3 heteroatoms. The van der Waals surface area contributed by atoms with Gasteiger partial charge in [0.15, 0.2) is 0 Å². The minimum absolute atomic E-state index is 0.886. The lowest BCUT2D eigenvalue weighted by molar-refractivity contribution is 0.674. The molecule has 11 rings (SSSR count). The van der Waals surface area contributed by atoms with Gasteiger partial charge in [-0.05, 0) is 65.0 Å². The number of para-hydroxylation sites is 6. The third-order valence-electron chi connectivity index (χ3n) is 11.0. The van der Waals surface area contributed by atoms with E-state index in [0.29, 0.717) is 0 Å². The molecule has 0 saturated heterocycles. The minimum Gasteiger partial charge on any atom is -0.455 e. The average Bonchev–Trinajstić information content (AvgIpc) is 3.81. The Kier molecular flexibility index (Phi) is 7.17. The first-order chi connectivity index (χ1) is 27.3. The lowest BCUT2D eigenvalue weighted by Crippen LogP contribution is -2.14. The zero-order chi connectivity index (χ0) is 36.3. The highest BCUT2D eigenvalue weighted by molar-refractivity contribution is 6.18. The van der Waals surface area contributed by atoms with Crippen LogP contribution in [0.4, 0.5) is 17.1 Å². The molecule has 0 N–H and O–H groups in total. The molecule has 55 heavy (non-hydrogen) atoms. The number of fused-ring (bicyclic) bond motifs is 8. The van der Waals surface area contributed by atoms with Gasteiger partial charge in [-0.1, -0.05) is 158 Å². The van der Waals surface area contributed by atoms with E-state index in [2.05, 4.69) is 216 Å². The normalized spacial score (nSPS) is 11.6. The molecule has 9 aromatic carbocycles. The predicted octanol–water partition coefficient (Wildman–Crippen LogP) is 14.6. The summed E-state index contributed by atoms with van der Waals surface area (Å²) in [7, 11) is 0. The standard InChI is InChI=1S/C52H34N2O/c1-2-15-35(16-3-1)36-29-32-38(33-30-36)53(49-27-12-13-28-50(49)54-47-25-10-6-19-40(47)41-20-7-11-26-48(41)54)46-24-9-8-21-42(46)43-22-14-23-44-45-34-31-37-17-4-5-18-39(37)51(45)55-52(43)44/h1-34H. The summed E-state index contributed by atoms with van der Waals surface area (Å²) in [5, 5.41) is 6.99. The third-order valence-corrected chi connectivity index (χ3v) is 11.0. The van der Waals surface area contributed by atoms with Crippen LogP contribution in [0.3, 0.4) is 0 Å². The van der Waals surface area contributed by atoms with Gasteiger partial charge in [0.25, 0.3) is 0 Å². The molecular formula is C52H34N2O. The van der Waals surface area contributed by atoms with Crippen LogP contribution in [0.2, 0.25) is 0 Å². The molecule has 0 amide bonds. The van der Waals surface area contributed by atoms with Gasteiger partial charge in [-0.2, -0.15) is 0 Å². The molecule has 0 aliphatic rings. The van der Waals surface area contributed by atoms with Gasteiger partial charge in [0.05, 0.1) is 28.1 Å². The van der Waals surface area contributed by atoms with Crippen LogP contribution < -0.4 is 4.90 Å². The first kappa shape index (κ1) is 31.2. The van der Waals surface area contributed by atoms with Crippen LogP contribution in [0, 0.1) is 0 Å². The van der Waals surface area contributed by atoms with Crippen LogP contribution in [-0.4, -0.2) is 4.57 Å². The van der Waals surface area contributed by atoms with E-state index in [1.165, 1.54) is 38.3 Å². The van der Waals surface area contributed by atoms with Crippen LogP contribution >= 0.6 is 0 Å². The van der Waals surface area contributed by atoms with Gasteiger partial charge >= 0.3 is 0 Å². The SMILES string of the molecule is c1ccc(-c2ccc(N(c3ccccc3-c3cccc4c3oc3c5ccccc5ccc43)c3ccccc3-n3c4ccccc4c4ccccc43)cc2)cc1. The first-order valence-electron chi connectivity index (χ1n) is 18.8. The molecule has 0 radical (unpaired) electrons.